The molecular weight excluding hydrogens is 182 g/mol. The van der Waals surface area contributed by atoms with Crippen LogP contribution in [0.3, 0.4) is 0 Å². The van der Waals surface area contributed by atoms with E-state index in [9.17, 15) is 4.79 Å². The molecule has 0 aliphatic carbocycles. The van der Waals surface area contributed by atoms with Gasteiger partial charge in [0.25, 0.3) is 0 Å². The van der Waals surface area contributed by atoms with Crippen molar-refractivity contribution in [1.82, 2.24) is 5.32 Å². The molecule has 1 N–H and O–H groups in total. The fourth-order valence-corrected chi connectivity index (χ4v) is 2.34. The number of rotatable bonds is 1. The zero-order chi connectivity index (χ0) is 10.0. The second-order valence-corrected chi connectivity index (χ2v) is 3.92. The molecule has 80 valence electrons. The van der Waals surface area contributed by atoms with Crippen LogP contribution in [0.2, 0.25) is 0 Å². The fourth-order valence-electron chi connectivity index (χ4n) is 2.34. The molecule has 0 aromatic carbocycles. The maximum absolute atomic E-state index is 11.4. The first kappa shape index (κ1) is 9.93. The first-order valence-corrected chi connectivity index (χ1v) is 5.31. The Morgan fingerprint density at radius 3 is 2.86 bits per heavy atom. The average Bonchev–Trinajstić information content (AvgIpc) is 2.57. The van der Waals surface area contributed by atoms with Crippen molar-refractivity contribution in [2.75, 3.05) is 19.8 Å². The minimum absolute atomic E-state index is 0.118. The van der Waals surface area contributed by atoms with Crippen LogP contribution < -0.4 is 5.32 Å². The molecule has 0 bridgehead atoms. The number of nitrogens with one attached hydrogen (secondary N) is 1. The van der Waals surface area contributed by atoms with Crippen molar-refractivity contribution < 1.29 is 14.3 Å². The largest absolute Gasteiger partial charge is 0.356 e. The van der Waals surface area contributed by atoms with Gasteiger partial charge in [-0.05, 0) is 6.42 Å². The van der Waals surface area contributed by atoms with E-state index < -0.39 is 5.79 Å². The van der Waals surface area contributed by atoms with Crippen LogP contribution in [0.1, 0.15) is 26.2 Å². The SMILES string of the molecule is CCC1CC(=O)NCCC12OCCO2. The summed E-state index contributed by atoms with van der Waals surface area (Å²) in [6.07, 6.45) is 2.22. The number of carbonyl (C=O) groups is 1. The Kier molecular flexibility index (Phi) is 2.74. The smallest absolute Gasteiger partial charge is 0.220 e. The van der Waals surface area contributed by atoms with Gasteiger partial charge in [0.2, 0.25) is 5.91 Å². The van der Waals surface area contributed by atoms with Gasteiger partial charge in [0.1, 0.15) is 0 Å². The maximum Gasteiger partial charge on any atom is 0.220 e. The summed E-state index contributed by atoms with van der Waals surface area (Å²) < 4.78 is 11.4. The van der Waals surface area contributed by atoms with E-state index in [4.69, 9.17) is 9.47 Å². The predicted molar refractivity (Wildman–Crippen MR) is 50.7 cm³/mol. The van der Waals surface area contributed by atoms with E-state index in [0.717, 1.165) is 12.8 Å². The Morgan fingerprint density at radius 2 is 2.21 bits per heavy atom. The Balaban J connectivity index is 2.15. The molecule has 4 nitrogen and oxygen atoms in total. The van der Waals surface area contributed by atoms with Gasteiger partial charge in [-0.1, -0.05) is 6.92 Å². The van der Waals surface area contributed by atoms with Gasteiger partial charge >= 0.3 is 0 Å². The van der Waals surface area contributed by atoms with Crippen molar-refractivity contribution in [3.05, 3.63) is 0 Å². The second kappa shape index (κ2) is 3.87. The number of ether oxygens (including phenoxy) is 2. The lowest BCUT2D eigenvalue weighted by atomic mass is 9.91. The molecule has 1 spiro atoms. The molecule has 0 saturated carbocycles. The van der Waals surface area contributed by atoms with Crippen LogP contribution in [0.25, 0.3) is 0 Å². The van der Waals surface area contributed by atoms with Crippen molar-refractivity contribution >= 4 is 5.91 Å². The lowest BCUT2D eigenvalue weighted by Gasteiger charge is -2.32. The Morgan fingerprint density at radius 1 is 1.50 bits per heavy atom. The molecule has 2 rings (SSSR count). The summed E-state index contributed by atoms with van der Waals surface area (Å²) in [7, 11) is 0. The Hall–Kier alpha value is -0.610. The van der Waals surface area contributed by atoms with Crippen LogP contribution in [0.4, 0.5) is 0 Å². The molecule has 2 heterocycles. The molecule has 0 aromatic heterocycles. The van der Waals surface area contributed by atoms with Crippen LogP contribution >= 0.6 is 0 Å². The molecule has 1 unspecified atom stereocenters. The maximum atomic E-state index is 11.4. The lowest BCUT2D eigenvalue weighted by molar-refractivity contribution is -0.197. The van der Waals surface area contributed by atoms with Gasteiger partial charge in [-0.15, -0.1) is 0 Å². The summed E-state index contributed by atoms with van der Waals surface area (Å²) in [5.74, 6) is -0.159. The van der Waals surface area contributed by atoms with Gasteiger partial charge < -0.3 is 14.8 Å². The van der Waals surface area contributed by atoms with Crippen LogP contribution in [-0.4, -0.2) is 31.5 Å². The molecule has 2 aliphatic rings. The third-order valence-electron chi connectivity index (χ3n) is 3.12. The van der Waals surface area contributed by atoms with Crippen molar-refractivity contribution in [2.45, 2.75) is 32.0 Å². The quantitative estimate of drug-likeness (QED) is 0.675. The van der Waals surface area contributed by atoms with E-state index in [1.807, 2.05) is 0 Å². The standard InChI is InChI=1S/C10H17NO3/c1-2-8-7-9(12)11-4-3-10(8)13-5-6-14-10/h8H,2-7H2,1H3,(H,11,12). The van der Waals surface area contributed by atoms with Crippen LogP contribution in [0, 0.1) is 5.92 Å². The third kappa shape index (κ3) is 1.64. The van der Waals surface area contributed by atoms with Gasteiger partial charge in [0.15, 0.2) is 5.79 Å². The molecule has 1 atom stereocenters. The highest BCUT2D eigenvalue weighted by molar-refractivity contribution is 5.76. The Labute approximate surface area is 84.0 Å². The van der Waals surface area contributed by atoms with Crippen molar-refractivity contribution in [3.8, 4) is 0 Å². The zero-order valence-corrected chi connectivity index (χ0v) is 8.54. The molecule has 0 aromatic rings. The summed E-state index contributed by atoms with van der Waals surface area (Å²) in [5.41, 5.74) is 0. The molecule has 4 heteroatoms. The number of carbonyl (C=O) groups excluding carboxylic acids is 1. The normalized spacial score (nSPS) is 31.5. The average molecular weight is 199 g/mol. The van der Waals surface area contributed by atoms with Crippen molar-refractivity contribution in [3.63, 3.8) is 0 Å². The third-order valence-corrected chi connectivity index (χ3v) is 3.12. The summed E-state index contributed by atoms with van der Waals surface area (Å²) >= 11 is 0. The first-order valence-electron chi connectivity index (χ1n) is 5.31. The minimum Gasteiger partial charge on any atom is -0.356 e. The van der Waals surface area contributed by atoms with Gasteiger partial charge in [-0.25, -0.2) is 0 Å². The second-order valence-electron chi connectivity index (χ2n) is 3.92. The van der Waals surface area contributed by atoms with Crippen molar-refractivity contribution in [2.24, 2.45) is 5.92 Å². The van der Waals surface area contributed by atoms with E-state index in [2.05, 4.69) is 12.2 Å². The van der Waals surface area contributed by atoms with Crippen LogP contribution in [-0.2, 0) is 14.3 Å². The molecular formula is C10H17NO3. The van der Waals surface area contributed by atoms with Gasteiger partial charge in [0, 0.05) is 25.3 Å². The molecule has 14 heavy (non-hydrogen) atoms. The fraction of sp³-hybridized carbons (Fsp3) is 0.900. The van der Waals surface area contributed by atoms with Gasteiger partial charge in [-0.2, -0.15) is 0 Å². The summed E-state index contributed by atoms with van der Waals surface area (Å²) in [6.45, 7) is 4.06. The highest BCUT2D eigenvalue weighted by Crippen LogP contribution is 2.36. The summed E-state index contributed by atoms with van der Waals surface area (Å²) in [5, 5.41) is 2.86. The van der Waals surface area contributed by atoms with Gasteiger partial charge in [0.05, 0.1) is 13.2 Å². The number of amides is 1. The minimum atomic E-state index is -0.478. The molecule has 1 amide bonds. The zero-order valence-electron chi connectivity index (χ0n) is 8.54. The molecule has 2 aliphatic heterocycles. The van der Waals surface area contributed by atoms with E-state index in [0.29, 0.717) is 26.2 Å². The Bertz CT molecular complexity index is 223. The van der Waals surface area contributed by atoms with E-state index >= 15 is 0 Å². The number of hydrogen-bond donors (Lipinski definition) is 1. The predicted octanol–water partition coefficient (Wildman–Crippen LogP) is 0.666. The number of hydrogen-bond acceptors (Lipinski definition) is 3. The van der Waals surface area contributed by atoms with Crippen LogP contribution in [0.15, 0.2) is 0 Å². The highest BCUT2D eigenvalue weighted by atomic mass is 16.7. The summed E-state index contributed by atoms with van der Waals surface area (Å²) in [6, 6.07) is 0. The van der Waals surface area contributed by atoms with E-state index in [1.54, 1.807) is 0 Å². The lowest BCUT2D eigenvalue weighted by Crippen LogP contribution is -2.39. The van der Waals surface area contributed by atoms with E-state index in [-0.39, 0.29) is 11.8 Å². The first-order chi connectivity index (χ1) is 6.77. The van der Waals surface area contributed by atoms with Crippen molar-refractivity contribution in [1.29, 1.82) is 0 Å². The van der Waals surface area contributed by atoms with Gasteiger partial charge in [-0.3, -0.25) is 4.79 Å². The summed E-state index contributed by atoms with van der Waals surface area (Å²) in [4.78, 5) is 11.4. The highest BCUT2D eigenvalue weighted by Gasteiger charge is 2.45. The molecule has 0 radical (unpaired) electrons. The molecule has 2 saturated heterocycles. The molecule has 2 fully saturated rings. The monoisotopic (exact) mass is 199 g/mol. The van der Waals surface area contributed by atoms with E-state index in [1.165, 1.54) is 0 Å². The van der Waals surface area contributed by atoms with Crippen LogP contribution in [0.5, 0.6) is 0 Å². The topological polar surface area (TPSA) is 47.6 Å².